The van der Waals surface area contributed by atoms with E-state index in [1.165, 1.54) is 0 Å². The number of anilines is 1. The number of carbonyl (C=O) groups is 1. The molecule has 0 fully saturated rings. The van der Waals surface area contributed by atoms with E-state index in [0.717, 1.165) is 12.0 Å². The molecule has 0 saturated heterocycles. The van der Waals surface area contributed by atoms with Crippen molar-refractivity contribution in [3.8, 4) is 11.4 Å². The Balaban J connectivity index is 2.24. The van der Waals surface area contributed by atoms with Crippen molar-refractivity contribution in [3.63, 3.8) is 0 Å². The van der Waals surface area contributed by atoms with Crippen molar-refractivity contribution in [1.29, 1.82) is 0 Å². The molecule has 2 aromatic rings. The van der Waals surface area contributed by atoms with Gasteiger partial charge in [0, 0.05) is 37.9 Å². The van der Waals surface area contributed by atoms with E-state index in [9.17, 15) is 4.79 Å². The second-order valence-corrected chi connectivity index (χ2v) is 5.73. The van der Waals surface area contributed by atoms with E-state index < -0.39 is 0 Å². The predicted octanol–water partition coefficient (Wildman–Crippen LogP) is 2.73. The highest BCUT2D eigenvalue weighted by atomic mass is 16.5. The Kier molecular flexibility index (Phi) is 6.69. The molecule has 0 unspecified atom stereocenters. The van der Waals surface area contributed by atoms with Crippen molar-refractivity contribution in [1.82, 2.24) is 15.3 Å². The van der Waals surface area contributed by atoms with E-state index in [-0.39, 0.29) is 11.9 Å². The summed E-state index contributed by atoms with van der Waals surface area (Å²) in [6.45, 7) is 5.20. The molecular formula is C18H24N4O2. The summed E-state index contributed by atoms with van der Waals surface area (Å²) in [4.78, 5) is 21.3. The minimum atomic E-state index is -0.211. The van der Waals surface area contributed by atoms with Gasteiger partial charge in [-0.25, -0.2) is 9.97 Å². The standard InChI is InChI=1S/C18H24N4O2/c1-13(2)20-16-12-15(18(23)19-10-7-11-24-3)21-17(22-16)14-8-5-4-6-9-14/h4-6,8-9,12-13H,7,10-11H2,1-3H3,(H,19,23)(H,20,21,22). The maximum atomic E-state index is 12.4. The highest BCUT2D eigenvalue weighted by Gasteiger charge is 2.13. The third kappa shape index (κ3) is 5.31. The number of ether oxygens (including phenoxy) is 1. The average Bonchev–Trinajstić information content (AvgIpc) is 2.58. The highest BCUT2D eigenvalue weighted by Crippen LogP contribution is 2.18. The van der Waals surface area contributed by atoms with Gasteiger partial charge in [-0.2, -0.15) is 0 Å². The van der Waals surface area contributed by atoms with Crippen LogP contribution in [0.3, 0.4) is 0 Å². The van der Waals surface area contributed by atoms with Gasteiger partial charge < -0.3 is 15.4 Å². The van der Waals surface area contributed by atoms with Gasteiger partial charge in [0.1, 0.15) is 11.5 Å². The zero-order valence-electron chi connectivity index (χ0n) is 14.4. The minimum Gasteiger partial charge on any atom is -0.385 e. The van der Waals surface area contributed by atoms with Crippen molar-refractivity contribution < 1.29 is 9.53 Å². The summed E-state index contributed by atoms with van der Waals surface area (Å²) in [5.41, 5.74) is 1.22. The van der Waals surface area contributed by atoms with Crippen molar-refractivity contribution in [2.45, 2.75) is 26.3 Å². The van der Waals surface area contributed by atoms with E-state index in [1.807, 2.05) is 44.2 Å². The Morgan fingerprint density at radius 1 is 1.21 bits per heavy atom. The molecule has 1 heterocycles. The van der Waals surface area contributed by atoms with Crippen molar-refractivity contribution in [3.05, 3.63) is 42.1 Å². The largest absolute Gasteiger partial charge is 0.385 e. The van der Waals surface area contributed by atoms with Gasteiger partial charge in [0.05, 0.1) is 0 Å². The van der Waals surface area contributed by atoms with Crippen LogP contribution in [0.4, 0.5) is 5.82 Å². The van der Waals surface area contributed by atoms with E-state index in [0.29, 0.717) is 30.5 Å². The van der Waals surface area contributed by atoms with Crippen molar-refractivity contribution >= 4 is 11.7 Å². The van der Waals surface area contributed by atoms with Gasteiger partial charge >= 0.3 is 0 Å². The molecule has 128 valence electrons. The molecule has 24 heavy (non-hydrogen) atoms. The van der Waals surface area contributed by atoms with Gasteiger partial charge in [0.15, 0.2) is 5.82 Å². The Labute approximate surface area is 142 Å². The van der Waals surface area contributed by atoms with Crippen LogP contribution in [0.1, 0.15) is 30.8 Å². The molecule has 0 spiro atoms. The number of nitrogens with zero attached hydrogens (tertiary/aromatic N) is 2. The number of aromatic nitrogens is 2. The van der Waals surface area contributed by atoms with Crippen LogP contribution in [-0.4, -0.2) is 42.2 Å². The number of rotatable bonds is 8. The van der Waals surface area contributed by atoms with Crippen LogP contribution in [-0.2, 0) is 4.74 Å². The van der Waals surface area contributed by atoms with E-state index >= 15 is 0 Å². The molecule has 1 aromatic carbocycles. The van der Waals surface area contributed by atoms with Gasteiger partial charge in [-0.05, 0) is 20.3 Å². The van der Waals surface area contributed by atoms with Crippen LogP contribution in [0.25, 0.3) is 11.4 Å². The lowest BCUT2D eigenvalue weighted by Gasteiger charge is -2.12. The van der Waals surface area contributed by atoms with Gasteiger partial charge in [0.25, 0.3) is 5.91 Å². The van der Waals surface area contributed by atoms with Crippen LogP contribution in [0.5, 0.6) is 0 Å². The molecule has 1 aromatic heterocycles. The number of hydrogen-bond acceptors (Lipinski definition) is 5. The first kappa shape index (κ1) is 17.9. The zero-order chi connectivity index (χ0) is 17.4. The average molecular weight is 328 g/mol. The zero-order valence-corrected chi connectivity index (χ0v) is 14.4. The van der Waals surface area contributed by atoms with E-state index in [4.69, 9.17) is 4.74 Å². The fourth-order valence-corrected chi connectivity index (χ4v) is 2.16. The maximum absolute atomic E-state index is 12.4. The molecule has 0 bridgehead atoms. The van der Waals surface area contributed by atoms with Crippen LogP contribution in [0.2, 0.25) is 0 Å². The molecule has 6 heteroatoms. The Hall–Kier alpha value is -2.47. The molecule has 2 N–H and O–H groups in total. The van der Waals surface area contributed by atoms with Crippen LogP contribution >= 0.6 is 0 Å². The van der Waals surface area contributed by atoms with Gasteiger partial charge in [-0.3, -0.25) is 4.79 Å². The lowest BCUT2D eigenvalue weighted by atomic mass is 10.2. The second kappa shape index (κ2) is 8.98. The number of nitrogens with one attached hydrogen (secondary N) is 2. The molecule has 0 aliphatic rings. The van der Waals surface area contributed by atoms with Crippen LogP contribution in [0, 0.1) is 0 Å². The van der Waals surface area contributed by atoms with E-state index in [2.05, 4.69) is 20.6 Å². The quantitative estimate of drug-likeness (QED) is 0.729. The number of carbonyl (C=O) groups excluding carboxylic acids is 1. The van der Waals surface area contributed by atoms with E-state index in [1.54, 1.807) is 13.2 Å². The first-order valence-corrected chi connectivity index (χ1v) is 8.08. The summed E-state index contributed by atoms with van der Waals surface area (Å²) < 4.78 is 4.98. The monoisotopic (exact) mass is 328 g/mol. The fourth-order valence-electron chi connectivity index (χ4n) is 2.16. The summed E-state index contributed by atoms with van der Waals surface area (Å²) in [6.07, 6.45) is 0.760. The highest BCUT2D eigenvalue weighted by molar-refractivity contribution is 5.93. The third-order valence-electron chi connectivity index (χ3n) is 3.24. The molecule has 0 aliphatic heterocycles. The lowest BCUT2D eigenvalue weighted by Crippen LogP contribution is -2.26. The van der Waals surface area contributed by atoms with Gasteiger partial charge in [0.2, 0.25) is 0 Å². The summed E-state index contributed by atoms with van der Waals surface area (Å²) in [5, 5.41) is 6.09. The fraction of sp³-hybridized carbons (Fsp3) is 0.389. The molecular weight excluding hydrogens is 304 g/mol. The lowest BCUT2D eigenvalue weighted by molar-refractivity contribution is 0.0943. The summed E-state index contributed by atoms with van der Waals surface area (Å²) >= 11 is 0. The predicted molar refractivity (Wildman–Crippen MR) is 95.1 cm³/mol. The summed E-state index contributed by atoms with van der Waals surface area (Å²) in [7, 11) is 1.64. The number of hydrogen-bond donors (Lipinski definition) is 2. The Morgan fingerprint density at radius 3 is 2.62 bits per heavy atom. The molecule has 1 amide bonds. The second-order valence-electron chi connectivity index (χ2n) is 5.73. The Bertz CT molecular complexity index is 659. The van der Waals surface area contributed by atoms with Crippen LogP contribution in [0.15, 0.2) is 36.4 Å². The maximum Gasteiger partial charge on any atom is 0.270 e. The number of benzene rings is 1. The molecule has 2 rings (SSSR count). The Morgan fingerprint density at radius 2 is 1.96 bits per heavy atom. The molecule has 0 saturated carbocycles. The summed E-state index contributed by atoms with van der Waals surface area (Å²) in [6, 6.07) is 11.5. The normalized spacial score (nSPS) is 10.7. The first-order valence-electron chi connectivity index (χ1n) is 8.08. The minimum absolute atomic E-state index is 0.209. The molecule has 0 aliphatic carbocycles. The smallest absolute Gasteiger partial charge is 0.270 e. The first-order chi connectivity index (χ1) is 11.6. The molecule has 0 radical (unpaired) electrons. The number of methoxy groups -OCH3 is 1. The van der Waals surface area contributed by atoms with Crippen molar-refractivity contribution in [2.24, 2.45) is 0 Å². The SMILES string of the molecule is COCCCNC(=O)c1cc(NC(C)C)nc(-c2ccccc2)n1. The molecule has 6 nitrogen and oxygen atoms in total. The number of amides is 1. The van der Waals surface area contributed by atoms with Gasteiger partial charge in [-0.1, -0.05) is 30.3 Å². The summed E-state index contributed by atoms with van der Waals surface area (Å²) in [5.74, 6) is 0.960. The topological polar surface area (TPSA) is 76.1 Å². The van der Waals surface area contributed by atoms with Crippen LogP contribution < -0.4 is 10.6 Å². The van der Waals surface area contributed by atoms with Crippen molar-refractivity contribution in [2.75, 3.05) is 25.6 Å². The third-order valence-corrected chi connectivity index (χ3v) is 3.24. The molecule has 0 atom stereocenters. The van der Waals surface area contributed by atoms with Gasteiger partial charge in [-0.15, -0.1) is 0 Å².